The Morgan fingerprint density at radius 1 is 1.08 bits per heavy atom. The summed E-state index contributed by atoms with van der Waals surface area (Å²) >= 11 is 0. The predicted molar refractivity (Wildman–Crippen MR) is 94.4 cm³/mol. The van der Waals surface area contributed by atoms with Crippen LogP contribution in [-0.2, 0) is 0 Å². The van der Waals surface area contributed by atoms with E-state index in [9.17, 15) is 14.0 Å². The molecule has 0 atom stereocenters. The maximum absolute atomic E-state index is 13.1. The van der Waals surface area contributed by atoms with Gasteiger partial charge in [0.2, 0.25) is 0 Å². The van der Waals surface area contributed by atoms with Gasteiger partial charge in [-0.25, -0.2) is 4.39 Å². The first kappa shape index (κ1) is 17.3. The first-order valence-corrected chi connectivity index (χ1v) is 7.85. The third kappa shape index (κ3) is 3.46. The number of anilines is 1. The highest BCUT2D eigenvalue weighted by Crippen LogP contribution is 2.26. The zero-order chi connectivity index (χ0) is 18.7. The van der Waals surface area contributed by atoms with E-state index in [1.165, 1.54) is 31.3 Å². The van der Waals surface area contributed by atoms with E-state index in [1.807, 2.05) is 0 Å². The lowest BCUT2D eigenvalue weighted by Crippen LogP contribution is -2.18. The number of benzene rings is 2. The lowest BCUT2D eigenvalue weighted by Gasteiger charge is -2.07. The van der Waals surface area contributed by atoms with Crippen molar-refractivity contribution in [3.8, 4) is 11.3 Å². The van der Waals surface area contributed by atoms with Gasteiger partial charge in [0.1, 0.15) is 22.8 Å². The Balaban J connectivity index is 1.90. The van der Waals surface area contributed by atoms with E-state index in [-0.39, 0.29) is 17.3 Å². The zero-order valence-electron chi connectivity index (χ0n) is 14.2. The van der Waals surface area contributed by atoms with Crippen LogP contribution >= 0.6 is 0 Å². The molecule has 2 N–H and O–H groups in total. The van der Waals surface area contributed by atoms with Crippen molar-refractivity contribution in [3.63, 3.8) is 0 Å². The SMILES string of the molecule is CNC(=O)c1cccc(NC(=O)c2c(-c3ccc(F)cc3)noc2C)c1. The molecular formula is C19H16FN3O3. The minimum atomic E-state index is -0.433. The minimum absolute atomic E-state index is 0.252. The summed E-state index contributed by atoms with van der Waals surface area (Å²) in [4.78, 5) is 24.4. The van der Waals surface area contributed by atoms with Crippen molar-refractivity contribution >= 4 is 17.5 Å². The number of hydrogen-bond donors (Lipinski definition) is 2. The van der Waals surface area contributed by atoms with Gasteiger partial charge >= 0.3 is 0 Å². The molecule has 132 valence electrons. The summed E-state index contributed by atoms with van der Waals surface area (Å²) in [5.41, 5.74) is 2.02. The van der Waals surface area contributed by atoms with Gasteiger partial charge in [-0.1, -0.05) is 11.2 Å². The first-order valence-electron chi connectivity index (χ1n) is 7.85. The number of hydrogen-bond acceptors (Lipinski definition) is 4. The summed E-state index contributed by atoms with van der Waals surface area (Å²) in [5, 5.41) is 9.17. The molecule has 2 amide bonds. The fourth-order valence-corrected chi connectivity index (χ4v) is 2.52. The molecule has 0 aliphatic carbocycles. The van der Waals surface area contributed by atoms with Crippen LogP contribution in [0.5, 0.6) is 0 Å². The molecule has 7 heteroatoms. The van der Waals surface area contributed by atoms with Crippen LogP contribution in [0.25, 0.3) is 11.3 Å². The standard InChI is InChI=1S/C19H16FN3O3/c1-11-16(17(23-26-11)12-6-8-14(20)9-7-12)19(25)22-15-5-3-4-13(10-15)18(24)21-2/h3-10H,1-2H3,(H,21,24)(H,22,25). The molecule has 0 spiro atoms. The van der Waals surface area contributed by atoms with Gasteiger partial charge in [-0.15, -0.1) is 0 Å². The number of amides is 2. The highest BCUT2D eigenvalue weighted by Gasteiger charge is 2.22. The van der Waals surface area contributed by atoms with Gasteiger partial charge in [-0.05, 0) is 49.4 Å². The normalized spacial score (nSPS) is 10.4. The lowest BCUT2D eigenvalue weighted by atomic mass is 10.1. The first-order chi connectivity index (χ1) is 12.5. The smallest absolute Gasteiger partial charge is 0.261 e. The Labute approximate surface area is 149 Å². The van der Waals surface area contributed by atoms with Gasteiger partial charge in [0.05, 0.1) is 0 Å². The Hall–Kier alpha value is -3.48. The average molecular weight is 353 g/mol. The Bertz CT molecular complexity index is 964. The fraction of sp³-hybridized carbons (Fsp3) is 0.105. The molecule has 0 aliphatic heterocycles. The molecule has 0 fully saturated rings. The third-order valence-electron chi connectivity index (χ3n) is 3.82. The lowest BCUT2D eigenvalue weighted by molar-refractivity contribution is 0.0961. The molecule has 3 rings (SSSR count). The molecule has 0 aliphatic rings. The molecule has 1 aromatic heterocycles. The van der Waals surface area contributed by atoms with Crippen LogP contribution < -0.4 is 10.6 Å². The fourth-order valence-electron chi connectivity index (χ4n) is 2.52. The zero-order valence-corrected chi connectivity index (χ0v) is 14.2. The van der Waals surface area contributed by atoms with E-state index < -0.39 is 5.91 Å². The van der Waals surface area contributed by atoms with Crippen molar-refractivity contribution < 1.29 is 18.5 Å². The van der Waals surface area contributed by atoms with Gasteiger partial charge in [0, 0.05) is 23.9 Å². The summed E-state index contributed by atoms with van der Waals surface area (Å²) in [6.45, 7) is 1.62. The van der Waals surface area contributed by atoms with Crippen molar-refractivity contribution in [1.82, 2.24) is 10.5 Å². The van der Waals surface area contributed by atoms with E-state index in [2.05, 4.69) is 15.8 Å². The largest absolute Gasteiger partial charge is 0.360 e. The van der Waals surface area contributed by atoms with Crippen molar-refractivity contribution in [2.75, 3.05) is 12.4 Å². The quantitative estimate of drug-likeness (QED) is 0.753. The molecule has 1 heterocycles. The van der Waals surface area contributed by atoms with Gasteiger partial charge < -0.3 is 15.2 Å². The second kappa shape index (κ2) is 7.18. The molecule has 6 nitrogen and oxygen atoms in total. The van der Waals surface area contributed by atoms with Gasteiger partial charge in [0.25, 0.3) is 11.8 Å². The number of carbonyl (C=O) groups excluding carboxylic acids is 2. The second-order valence-electron chi connectivity index (χ2n) is 5.58. The number of nitrogens with one attached hydrogen (secondary N) is 2. The van der Waals surface area contributed by atoms with Gasteiger partial charge in [0.15, 0.2) is 0 Å². The van der Waals surface area contributed by atoms with Crippen molar-refractivity contribution in [3.05, 3.63) is 71.2 Å². The summed E-state index contributed by atoms with van der Waals surface area (Å²) < 4.78 is 18.3. The Kier molecular flexibility index (Phi) is 4.79. The van der Waals surface area contributed by atoms with Gasteiger partial charge in [-0.2, -0.15) is 0 Å². The van der Waals surface area contributed by atoms with Crippen molar-refractivity contribution in [2.45, 2.75) is 6.92 Å². The molecule has 3 aromatic rings. The highest BCUT2D eigenvalue weighted by atomic mass is 19.1. The molecular weight excluding hydrogens is 337 g/mol. The molecule has 0 saturated heterocycles. The molecule has 2 aromatic carbocycles. The van der Waals surface area contributed by atoms with Crippen LogP contribution in [-0.4, -0.2) is 24.0 Å². The average Bonchev–Trinajstić information content (AvgIpc) is 3.03. The summed E-state index contributed by atoms with van der Waals surface area (Å²) in [6, 6.07) is 12.2. The van der Waals surface area contributed by atoms with Crippen LogP contribution in [0, 0.1) is 12.7 Å². The molecule has 26 heavy (non-hydrogen) atoms. The van der Waals surface area contributed by atoms with Crippen LogP contribution in [0.15, 0.2) is 53.1 Å². The Morgan fingerprint density at radius 2 is 1.81 bits per heavy atom. The number of nitrogens with zero attached hydrogens (tertiary/aromatic N) is 1. The minimum Gasteiger partial charge on any atom is -0.360 e. The number of carbonyl (C=O) groups is 2. The number of aromatic nitrogens is 1. The van der Waals surface area contributed by atoms with E-state index in [4.69, 9.17) is 4.52 Å². The number of halogens is 1. The molecule has 0 radical (unpaired) electrons. The van der Waals surface area contributed by atoms with E-state index in [1.54, 1.807) is 31.2 Å². The van der Waals surface area contributed by atoms with Crippen LogP contribution in [0.4, 0.5) is 10.1 Å². The summed E-state index contributed by atoms with van der Waals surface area (Å²) in [7, 11) is 1.53. The van der Waals surface area contributed by atoms with E-state index in [0.717, 1.165) is 0 Å². The van der Waals surface area contributed by atoms with Crippen molar-refractivity contribution in [1.29, 1.82) is 0 Å². The summed E-state index contributed by atoms with van der Waals surface area (Å²) in [5.74, 6) is -0.735. The van der Waals surface area contributed by atoms with Crippen LogP contribution in [0.2, 0.25) is 0 Å². The van der Waals surface area contributed by atoms with Crippen LogP contribution in [0.3, 0.4) is 0 Å². The van der Waals surface area contributed by atoms with Gasteiger partial charge in [-0.3, -0.25) is 9.59 Å². The second-order valence-corrected chi connectivity index (χ2v) is 5.58. The topological polar surface area (TPSA) is 84.2 Å². The van der Waals surface area contributed by atoms with Crippen molar-refractivity contribution in [2.24, 2.45) is 0 Å². The third-order valence-corrected chi connectivity index (χ3v) is 3.82. The molecule has 0 saturated carbocycles. The molecule has 0 unspecified atom stereocenters. The summed E-state index contributed by atoms with van der Waals surface area (Å²) in [6.07, 6.45) is 0. The monoisotopic (exact) mass is 353 g/mol. The van der Waals surface area contributed by atoms with E-state index >= 15 is 0 Å². The molecule has 0 bridgehead atoms. The number of aryl methyl sites for hydroxylation is 1. The Morgan fingerprint density at radius 3 is 2.50 bits per heavy atom. The predicted octanol–water partition coefficient (Wildman–Crippen LogP) is 3.40. The maximum atomic E-state index is 13.1. The number of rotatable bonds is 4. The highest BCUT2D eigenvalue weighted by molar-refractivity contribution is 6.09. The van der Waals surface area contributed by atoms with Crippen LogP contribution in [0.1, 0.15) is 26.5 Å². The van der Waals surface area contributed by atoms with E-state index in [0.29, 0.717) is 28.3 Å². The maximum Gasteiger partial charge on any atom is 0.261 e.